The van der Waals surface area contributed by atoms with Crippen molar-refractivity contribution in [2.45, 2.75) is 32.5 Å². The number of carbonyl (C=O) groups is 1. The number of fused-ring (bicyclic) bond motifs is 1. The van der Waals surface area contributed by atoms with Crippen molar-refractivity contribution in [3.8, 4) is 0 Å². The van der Waals surface area contributed by atoms with Crippen LogP contribution in [-0.2, 0) is 13.1 Å². The highest BCUT2D eigenvalue weighted by atomic mass is 35.5. The van der Waals surface area contributed by atoms with Gasteiger partial charge in [-0.1, -0.05) is 30.7 Å². The van der Waals surface area contributed by atoms with Gasteiger partial charge in [0.25, 0.3) is 0 Å². The van der Waals surface area contributed by atoms with Gasteiger partial charge in [-0.3, -0.25) is 4.98 Å². The lowest BCUT2D eigenvalue weighted by molar-refractivity contribution is 0.102. The van der Waals surface area contributed by atoms with Crippen LogP contribution in [0.15, 0.2) is 36.7 Å². The minimum Gasteiger partial charge on any atom is -0.386 e. The number of aromatic nitrogens is 2. The normalized spacial score (nSPS) is 14.3. The molecule has 0 bridgehead atoms. The molecule has 0 spiro atoms. The van der Waals surface area contributed by atoms with Crippen LogP contribution in [0.1, 0.15) is 36.3 Å². The van der Waals surface area contributed by atoms with Crippen molar-refractivity contribution < 1.29 is 9.90 Å². The molecule has 0 aromatic carbocycles. The number of nitrogens with zero attached hydrogens (tertiary/aromatic N) is 4. The molecule has 1 aliphatic heterocycles. The molecule has 2 amide bonds. The molecule has 2 aromatic heterocycles. The van der Waals surface area contributed by atoms with Gasteiger partial charge < -0.3 is 14.9 Å². The first kappa shape index (κ1) is 17.6. The van der Waals surface area contributed by atoms with Gasteiger partial charge in [0.1, 0.15) is 5.15 Å². The Kier molecular flexibility index (Phi) is 5.50. The Bertz CT molecular complexity index is 741. The van der Waals surface area contributed by atoms with Crippen LogP contribution < -0.4 is 0 Å². The molecule has 0 radical (unpaired) electrons. The second-order valence-electron chi connectivity index (χ2n) is 6.13. The minimum absolute atomic E-state index is 0.0982. The summed E-state index contributed by atoms with van der Waals surface area (Å²) in [7, 11) is 0. The highest BCUT2D eigenvalue weighted by Crippen LogP contribution is 2.24. The van der Waals surface area contributed by atoms with Gasteiger partial charge >= 0.3 is 6.03 Å². The smallest absolute Gasteiger partial charge is 0.320 e. The fraction of sp³-hybridized carbons (Fsp3) is 0.389. The van der Waals surface area contributed by atoms with Crippen LogP contribution in [0.5, 0.6) is 0 Å². The number of hydrogen-bond acceptors (Lipinski definition) is 4. The van der Waals surface area contributed by atoms with E-state index in [-0.39, 0.29) is 12.6 Å². The molecular formula is C18H21ClN4O2. The molecule has 0 saturated carbocycles. The topological polar surface area (TPSA) is 69.6 Å². The van der Waals surface area contributed by atoms with Crippen molar-refractivity contribution in [2.24, 2.45) is 0 Å². The molecule has 2 aromatic rings. The zero-order valence-corrected chi connectivity index (χ0v) is 14.9. The van der Waals surface area contributed by atoms with Gasteiger partial charge in [-0.15, -0.1) is 0 Å². The van der Waals surface area contributed by atoms with Gasteiger partial charge in [-0.25, -0.2) is 9.78 Å². The molecule has 1 aliphatic rings. The van der Waals surface area contributed by atoms with Crippen molar-refractivity contribution in [1.29, 1.82) is 0 Å². The van der Waals surface area contributed by atoms with E-state index in [0.717, 1.165) is 17.7 Å². The Morgan fingerprint density at radius 2 is 2.24 bits per heavy atom. The number of hydrogen-bond donors (Lipinski definition) is 1. The van der Waals surface area contributed by atoms with Crippen LogP contribution in [0.4, 0.5) is 4.79 Å². The fourth-order valence-electron chi connectivity index (χ4n) is 2.98. The number of halogens is 1. The molecule has 1 unspecified atom stereocenters. The van der Waals surface area contributed by atoms with E-state index in [0.29, 0.717) is 30.4 Å². The van der Waals surface area contributed by atoms with E-state index in [1.807, 2.05) is 19.1 Å². The fourth-order valence-corrected chi connectivity index (χ4v) is 3.15. The molecule has 1 N–H and O–H groups in total. The monoisotopic (exact) mass is 360 g/mol. The van der Waals surface area contributed by atoms with Crippen molar-refractivity contribution >= 4 is 17.6 Å². The van der Waals surface area contributed by atoms with Crippen LogP contribution in [0, 0.1) is 0 Å². The van der Waals surface area contributed by atoms with Gasteiger partial charge in [-0.05, 0) is 24.1 Å². The Morgan fingerprint density at radius 3 is 2.96 bits per heavy atom. The zero-order chi connectivity index (χ0) is 17.8. The molecule has 1 atom stereocenters. The van der Waals surface area contributed by atoms with E-state index >= 15 is 0 Å². The van der Waals surface area contributed by atoms with Crippen molar-refractivity contribution in [2.75, 3.05) is 13.1 Å². The summed E-state index contributed by atoms with van der Waals surface area (Å²) in [6.07, 6.45) is 3.33. The maximum absolute atomic E-state index is 12.9. The summed E-state index contributed by atoms with van der Waals surface area (Å²) < 4.78 is 0. The summed E-state index contributed by atoms with van der Waals surface area (Å²) in [4.78, 5) is 24.7. The van der Waals surface area contributed by atoms with Crippen LogP contribution in [0.25, 0.3) is 0 Å². The number of pyridine rings is 2. The number of aliphatic hydroxyl groups excluding tert-OH is 1. The first-order valence-electron chi connectivity index (χ1n) is 8.34. The van der Waals surface area contributed by atoms with Crippen LogP contribution >= 0.6 is 11.6 Å². The molecule has 0 aliphatic carbocycles. The lowest BCUT2D eigenvalue weighted by Crippen LogP contribution is -2.43. The summed E-state index contributed by atoms with van der Waals surface area (Å²) >= 11 is 5.94. The first-order valence-corrected chi connectivity index (χ1v) is 8.72. The van der Waals surface area contributed by atoms with E-state index < -0.39 is 6.10 Å². The van der Waals surface area contributed by atoms with E-state index in [1.54, 1.807) is 34.3 Å². The molecule has 3 heterocycles. The second kappa shape index (κ2) is 7.80. The number of carbonyl (C=O) groups excluding carboxylic acids is 1. The molecule has 3 rings (SSSR count). The van der Waals surface area contributed by atoms with Crippen LogP contribution in [-0.4, -0.2) is 44.0 Å². The lowest BCUT2D eigenvalue weighted by Gasteiger charge is -2.29. The highest BCUT2D eigenvalue weighted by Gasteiger charge is 2.29. The van der Waals surface area contributed by atoms with Gasteiger partial charge in [0.05, 0.1) is 24.9 Å². The largest absolute Gasteiger partial charge is 0.386 e. The molecule has 132 valence electrons. The predicted molar refractivity (Wildman–Crippen MR) is 95.0 cm³/mol. The summed E-state index contributed by atoms with van der Waals surface area (Å²) in [5, 5.41) is 10.9. The third-order valence-electron chi connectivity index (χ3n) is 4.23. The number of urea groups is 1. The van der Waals surface area contributed by atoms with Gasteiger partial charge in [0.15, 0.2) is 0 Å². The maximum Gasteiger partial charge on any atom is 0.320 e. The molecule has 6 nitrogen and oxygen atoms in total. The Balaban J connectivity index is 1.69. The number of amides is 2. The third kappa shape index (κ3) is 4.08. The minimum atomic E-state index is -0.762. The van der Waals surface area contributed by atoms with E-state index in [4.69, 9.17) is 11.6 Å². The second-order valence-corrected chi connectivity index (χ2v) is 6.51. The van der Waals surface area contributed by atoms with Gasteiger partial charge in [0.2, 0.25) is 0 Å². The average molecular weight is 361 g/mol. The third-order valence-corrected chi connectivity index (χ3v) is 4.44. The van der Waals surface area contributed by atoms with Crippen molar-refractivity contribution in [3.05, 3.63) is 58.6 Å². The Morgan fingerprint density at radius 1 is 1.40 bits per heavy atom. The number of aliphatic hydroxyl groups is 1. The maximum atomic E-state index is 12.9. The SMILES string of the molecule is CCCN(CC(O)c1cccnc1)C(=O)N1Cc2ccc(Cl)nc2C1. The summed E-state index contributed by atoms with van der Waals surface area (Å²) in [6, 6.07) is 7.14. The van der Waals surface area contributed by atoms with E-state index in [9.17, 15) is 9.90 Å². The molecular weight excluding hydrogens is 340 g/mol. The van der Waals surface area contributed by atoms with Crippen molar-refractivity contribution in [3.63, 3.8) is 0 Å². The van der Waals surface area contributed by atoms with Gasteiger partial charge in [0, 0.05) is 31.0 Å². The quantitative estimate of drug-likeness (QED) is 0.832. The number of rotatable bonds is 5. The standard InChI is InChI=1S/C18H21ClN4O2/c1-2-8-22(12-16(24)13-4-3-7-20-9-13)18(25)23-10-14-5-6-17(19)21-15(14)11-23/h3-7,9,16,24H,2,8,10-12H2,1H3. The molecule has 7 heteroatoms. The Hall–Kier alpha value is -2.18. The summed E-state index contributed by atoms with van der Waals surface area (Å²) in [6.45, 7) is 3.78. The van der Waals surface area contributed by atoms with Gasteiger partial charge in [-0.2, -0.15) is 0 Å². The highest BCUT2D eigenvalue weighted by molar-refractivity contribution is 6.29. The lowest BCUT2D eigenvalue weighted by atomic mass is 10.1. The molecule has 0 saturated heterocycles. The predicted octanol–water partition coefficient (Wildman–Crippen LogP) is 3.01. The van der Waals surface area contributed by atoms with Crippen LogP contribution in [0.3, 0.4) is 0 Å². The molecule has 0 fully saturated rings. The van der Waals surface area contributed by atoms with E-state index in [2.05, 4.69) is 9.97 Å². The average Bonchev–Trinajstić information content (AvgIpc) is 3.04. The van der Waals surface area contributed by atoms with E-state index in [1.165, 1.54) is 0 Å². The van der Waals surface area contributed by atoms with Crippen molar-refractivity contribution in [1.82, 2.24) is 19.8 Å². The van der Waals surface area contributed by atoms with Crippen LogP contribution in [0.2, 0.25) is 5.15 Å². The summed E-state index contributed by atoms with van der Waals surface area (Å²) in [5.41, 5.74) is 2.56. The zero-order valence-electron chi connectivity index (χ0n) is 14.1. The summed E-state index contributed by atoms with van der Waals surface area (Å²) in [5.74, 6) is 0. The Labute approximate surface area is 152 Å². The molecule has 25 heavy (non-hydrogen) atoms. The first-order chi connectivity index (χ1) is 12.1.